The van der Waals surface area contributed by atoms with Gasteiger partial charge in [-0.3, -0.25) is 19.2 Å². The topological polar surface area (TPSA) is 208 Å². The average molecular weight is 1000 g/mol. The first kappa shape index (κ1) is 54.2. The molecule has 3 heterocycles. The fourth-order valence-corrected chi connectivity index (χ4v) is 10.6. The molecular weight excluding hydrogens is 938 g/mol. The number of benzene rings is 2. The summed E-state index contributed by atoms with van der Waals surface area (Å²) >= 11 is 1.56. The van der Waals surface area contributed by atoms with Crippen molar-refractivity contribution in [1.29, 1.82) is 5.26 Å². The maximum Gasteiger partial charge on any atom is 0.417 e. The lowest BCUT2D eigenvalue weighted by Gasteiger charge is -2.62. The second kappa shape index (κ2) is 22.1. The van der Waals surface area contributed by atoms with Gasteiger partial charge in [0.15, 0.2) is 0 Å². The molecule has 1 saturated heterocycles. The number of pyridine rings is 1. The van der Waals surface area contributed by atoms with Crippen LogP contribution < -0.4 is 26.0 Å². The number of aryl methyl sites for hydroxylation is 1. The summed E-state index contributed by atoms with van der Waals surface area (Å²) in [5.74, 6) is -1.87. The average Bonchev–Trinajstić information content (AvgIpc) is 3.94. The maximum absolute atomic E-state index is 14.1. The summed E-state index contributed by atoms with van der Waals surface area (Å²) in [6, 6.07) is 14.5. The van der Waals surface area contributed by atoms with Gasteiger partial charge in [-0.1, -0.05) is 72.7 Å². The van der Waals surface area contributed by atoms with E-state index in [0.29, 0.717) is 25.1 Å². The number of nitriles is 1. The Kier molecular flexibility index (Phi) is 16.9. The lowest BCUT2D eigenvalue weighted by atomic mass is 9.49. The van der Waals surface area contributed by atoms with Crippen LogP contribution in [-0.2, 0) is 25.3 Å². The third kappa shape index (κ3) is 12.9. The van der Waals surface area contributed by atoms with E-state index in [1.807, 2.05) is 86.6 Å². The van der Waals surface area contributed by atoms with Crippen LogP contribution in [0.4, 0.5) is 18.9 Å². The maximum atomic E-state index is 14.1. The number of unbranched alkanes of at least 4 members (excludes halogenated alkanes) is 2. The van der Waals surface area contributed by atoms with Crippen LogP contribution in [0.5, 0.6) is 5.88 Å². The number of anilines is 1. The Morgan fingerprint density at radius 1 is 0.972 bits per heavy atom. The third-order valence-corrected chi connectivity index (χ3v) is 14.4. The van der Waals surface area contributed by atoms with Crippen molar-refractivity contribution in [3.63, 3.8) is 0 Å². The monoisotopic (exact) mass is 1000 g/mol. The summed E-state index contributed by atoms with van der Waals surface area (Å²) in [7, 11) is 0. The number of halogens is 3. The summed E-state index contributed by atoms with van der Waals surface area (Å²) in [6.45, 7) is 17.4. The highest BCUT2D eigenvalue weighted by atomic mass is 32.1. The molecule has 2 fully saturated rings. The molecule has 5 N–H and O–H groups in total. The number of carbonyl (C=O) groups is 4. The molecule has 19 heteroatoms. The number of thiazole rings is 1. The summed E-state index contributed by atoms with van der Waals surface area (Å²) < 4.78 is 52.4. The minimum atomic E-state index is -4.75. The fraction of sp³-hybridized carbons (Fsp3) is 0.519. The van der Waals surface area contributed by atoms with E-state index in [1.54, 1.807) is 41.1 Å². The van der Waals surface area contributed by atoms with Crippen molar-refractivity contribution in [1.82, 2.24) is 30.8 Å². The number of nitrogens with one attached hydrogen (secondary N) is 4. The number of aromatic nitrogens is 2. The third-order valence-electron chi connectivity index (χ3n) is 13.4. The molecule has 4 amide bonds. The van der Waals surface area contributed by atoms with E-state index in [4.69, 9.17) is 14.7 Å². The zero-order chi connectivity index (χ0) is 52.1. The van der Waals surface area contributed by atoms with Crippen molar-refractivity contribution in [2.45, 2.75) is 131 Å². The quantitative estimate of drug-likeness (QED) is 0.0569. The Bertz CT molecular complexity index is 2560. The first-order valence-electron chi connectivity index (χ1n) is 23.8. The number of hydrogen-bond donors (Lipinski definition) is 5. The molecule has 2 aromatic carbocycles. The number of rotatable bonds is 19. The van der Waals surface area contributed by atoms with Gasteiger partial charge in [0.1, 0.15) is 30.9 Å². The molecule has 1 aliphatic carbocycles. The fourth-order valence-electron chi connectivity index (χ4n) is 9.82. The highest BCUT2D eigenvalue weighted by molar-refractivity contribution is 7.13. The number of aliphatic hydroxyl groups is 1. The highest BCUT2D eigenvalue weighted by Crippen LogP contribution is 2.55. The molecule has 1 unspecified atom stereocenters. The number of likely N-dealkylation sites (tertiary alicyclic amines) is 1. The second-order valence-electron chi connectivity index (χ2n) is 20.7. The van der Waals surface area contributed by atoms with Crippen molar-refractivity contribution < 1.29 is 46.9 Å². The number of aliphatic hydroxyl groups excluding tert-OH is 1. The van der Waals surface area contributed by atoms with Crippen molar-refractivity contribution in [3.8, 4) is 22.4 Å². The molecule has 382 valence electrons. The Morgan fingerprint density at radius 2 is 1.65 bits per heavy atom. The Morgan fingerprint density at radius 3 is 2.25 bits per heavy atom. The van der Waals surface area contributed by atoms with Gasteiger partial charge in [-0.25, -0.2) is 9.97 Å². The van der Waals surface area contributed by atoms with E-state index in [0.717, 1.165) is 52.5 Å². The van der Waals surface area contributed by atoms with Gasteiger partial charge in [-0.05, 0) is 73.9 Å². The van der Waals surface area contributed by atoms with Crippen LogP contribution in [0, 0.1) is 34.5 Å². The lowest BCUT2D eigenvalue weighted by molar-refractivity contribution is -0.166. The number of nitrogens with zero attached hydrogens (tertiary/aromatic N) is 4. The highest BCUT2D eigenvalue weighted by Gasteiger charge is 2.64. The zero-order valence-corrected chi connectivity index (χ0v) is 42.5. The molecule has 0 bridgehead atoms. The van der Waals surface area contributed by atoms with Gasteiger partial charge < -0.3 is 40.7 Å². The molecule has 2 aliphatic rings. The Hall–Kier alpha value is -6.10. The van der Waals surface area contributed by atoms with Crippen LogP contribution in [-0.4, -0.2) is 100 Å². The van der Waals surface area contributed by atoms with Gasteiger partial charge >= 0.3 is 6.18 Å². The van der Waals surface area contributed by atoms with E-state index in [9.17, 15) is 37.5 Å². The predicted octanol–water partition coefficient (Wildman–Crippen LogP) is 7.98. The van der Waals surface area contributed by atoms with E-state index >= 15 is 0 Å². The first-order valence-corrected chi connectivity index (χ1v) is 24.7. The number of carbonyl (C=O) groups excluding carboxylic acids is 4. The lowest BCUT2D eigenvalue weighted by Crippen LogP contribution is -2.74. The van der Waals surface area contributed by atoms with Crippen molar-refractivity contribution in [2.75, 3.05) is 31.6 Å². The van der Waals surface area contributed by atoms with Gasteiger partial charge in [0.2, 0.25) is 23.6 Å². The minimum Gasteiger partial charge on any atom is -0.473 e. The van der Waals surface area contributed by atoms with Gasteiger partial charge in [0, 0.05) is 66.5 Å². The molecule has 71 heavy (non-hydrogen) atoms. The summed E-state index contributed by atoms with van der Waals surface area (Å²) in [4.78, 5) is 64.9. The van der Waals surface area contributed by atoms with Crippen LogP contribution in [0.25, 0.3) is 10.4 Å². The molecule has 0 spiro atoms. The van der Waals surface area contributed by atoms with Crippen molar-refractivity contribution in [3.05, 3.63) is 94.3 Å². The molecule has 4 aromatic rings. The van der Waals surface area contributed by atoms with Gasteiger partial charge in [0.25, 0.3) is 5.91 Å². The van der Waals surface area contributed by atoms with Crippen LogP contribution >= 0.6 is 11.3 Å². The molecule has 0 radical (unpaired) electrons. The molecule has 1 aliphatic heterocycles. The van der Waals surface area contributed by atoms with Gasteiger partial charge in [-0.15, -0.1) is 11.3 Å². The first-order chi connectivity index (χ1) is 33.3. The molecule has 15 nitrogen and oxygen atoms in total. The zero-order valence-electron chi connectivity index (χ0n) is 41.7. The van der Waals surface area contributed by atoms with Crippen LogP contribution in [0.1, 0.15) is 120 Å². The number of alkyl halides is 3. The van der Waals surface area contributed by atoms with Crippen molar-refractivity contribution >= 4 is 40.7 Å². The molecule has 1 saturated carbocycles. The van der Waals surface area contributed by atoms with E-state index in [2.05, 4.69) is 31.2 Å². The standard InChI is InChI=1S/C52H65F3N8O7S/c1-30(32-13-15-33(16-14-32)42-31(2)59-29-71-42)60-45(67)39-23-37(64)27-63(39)46(68)43(49(3,4)5)61-40(65)28-69-22-12-10-11-21-57-36-19-17-34(18-20-36)44(66)62-47-50(6,7)48(51(47,8)9)70-41-24-38(52(53,54)55)35(25-56)26-58-41/h13-20,24,26,29-30,37,39,43,47-48,57,64H,10-12,21-23,27-28H2,1-9H3,(H,60,67)(H,61,65)(H,62,66)/t30-,37+,39-,43?,47-,48-/m0/s1. The SMILES string of the molecule is Cc1ncsc1-c1ccc([C@H](C)NC(=O)[C@@H]2C[C@@H](O)CN2C(=O)C(NC(=O)COCCCCCNc2ccc(C(=O)N[C@H]3C(C)(C)[C@H](Oc4cc(C(F)(F)F)c(C#N)cn4)C3(C)C)cc2)C(C)(C)C)cc1. The van der Waals surface area contributed by atoms with E-state index < -0.39 is 69.7 Å². The van der Waals surface area contributed by atoms with Gasteiger partial charge in [-0.2, -0.15) is 18.4 Å². The minimum absolute atomic E-state index is 0.0345. The molecular formula is C52H65F3N8O7S. The molecule has 4 atom stereocenters. The number of ether oxygens (including phenoxy) is 2. The number of β-amino-alcohol motifs (C(OH)–C–C–N with tert-alkyl or cyclic N) is 1. The van der Waals surface area contributed by atoms with Crippen molar-refractivity contribution in [2.24, 2.45) is 16.2 Å². The summed E-state index contributed by atoms with van der Waals surface area (Å²) in [5.41, 5.74) is 2.14. The van der Waals surface area contributed by atoms with Crippen LogP contribution in [0.15, 0.2) is 66.3 Å². The smallest absolute Gasteiger partial charge is 0.417 e. The normalized spacial score (nSPS) is 20.2. The number of hydrogen-bond acceptors (Lipinski definition) is 12. The van der Waals surface area contributed by atoms with Gasteiger partial charge in [0.05, 0.1) is 39.4 Å². The molecule has 6 rings (SSSR count). The van der Waals surface area contributed by atoms with E-state index in [-0.39, 0.29) is 49.4 Å². The predicted molar refractivity (Wildman–Crippen MR) is 263 cm³/mol. The Balaban J connectivity index is 0.893. The summed E-state index contributed by atoms with van der Waals surface area (Å²) in [6.07, 6.45) is -3.02. The van der Waals surface area contributed by atoms with Crippen LogP contribution in [0.3, 0.4) is 0 Å². The summed E-state index contributed by atoms with van der Waals surface area (Å²) in [5, 5.41) is 32.0. The second-order valence-corrected chi connectivity index (χ2v) is 21.6. The number of amides is 4. The largest absolute Gasteiger partial charge is 0.473 e. The van der Waals surface area contributed by atoms with E-state index in [1.165, 1.54) is 11.0 Å². The van der Waals surface area contributed by atoms with Crippen LogP contribution in [0.2, 0.25) is 0 Å². The molecule has 2 aromatic heterocycles. The Labute approximate surface area is 417 Å².